The predicted octanol–water partition coefficient (Wildman–Crippen LogP) is 2.78. The Morgan fingerprint density at radius 3 is 2.39 bits per heavy atom. The Morgan fingerprint density at radius 1 is 1.22 bits per heavy atom. The third kappa shape index (κ3) is 2.93. The molecule has 1 aliphatic rings. The van der Waals surface area contributed by atoms with Gasteiger partial charge in [-0.2, -0.15) is 0 Å². The van der Waals surface area contributed by atoms with Crippen LogP contribution in [0.2, 0.25) is 0 Å². The molecule has 0 aromatic heterocycles. The van der Waals surface area contributed by atoms with Crippen LogP contribution in [-0.4, -0.2) is 24.0 Å². The molecule has 0 radical (unpaired) electrons. The summed E-state index contributed by atoms with van der Waals surface area (Å²) in [5.74, 6) is 0.668. The molecule has 1 heterocycles. The van der Waals surface area contributed by atoms with Crippen LogP contribution in [-0.2, 0) is 6.54 Å². The third-order valence-electron chi connectivity index (χ3n) is 4.32. The van der Waals surface area contributed by atoms with Crippen molar-refractivity contribution in [3.05, 3.63) is 34.4 Å². The fraction of sp³-hybridized carbons (Fsp3) is 0.625. The summed E-state index contributed by atoms with van der Waals surface area (Å²) in [6.45, 7) is 12.2. The molecule has 2 unspecified atom stereocenters. The fourth-order valence-corrected chi connectivity index (χ4v) is 3.00. The van der Waals surface area contributed by atoms with Crippen molar-refractivity contribution < 1.29 is 0 Å². The summed E-state index contributed by atoms with van der Waals surface area (Å²) < 4.78 is 0. The van der Waals surface area contributed by atoms with Crippen molar-refractivity contribution in [2.75, 3.05) is 13.1 Å². The molecule has 2 atom stereocenters. The lowest BCUT2D eigenvalue weighted by Gasteiger charge is -2.35. The van der Waals surface area contributed by atoms with Gasteiger partial charge in [0.05, 0.1) is 0 Å². The smallest absolute Gasteiger partial charge is 0.0239 e. The number of hydrogen-bond donors (Lipinski definition) is 1. The lowest BCUT2D eigenvalue weighted by atomic mass is 9.93. The Bertz CT molecular complexity index is 402. The molecule has 1 aliphatic heterocycles. The molecule has 2 nitrogen and oxygen atoms in total. The zero-order valence-corrected chi connectivity index (χ0v) is 12.2. The number of hydrogen-bond acceptors (Lipinski definition) is 2. The van der Waals surface area contributed by atoms with Gasteiger partial charge in [0.1, 0.15) is 0 Å². The van der Waals surface area contributed by atoms with Crippen molar-refractivity contribution in [3.8, 4) is 0 Å². The van der Waals surface area contributed by atoms with E-state index in [2.05, 4.69) is 44.7 Å². The minimum atomic E-state index is 0.338. The molecule has 0 saturated carbocycles. The van der Waals surface area contributed by atoms with E-state index >= 15 is 0 Å². The first-order valence-corrected chi connectivity index (χ1v) is 7.02. The minimum Gasteiger partial charge on any atom is -0.326 e. The van der Waals surface area contributed by atoms with Crippen LogP contribution in [0.4, 0.5) is 0 Å². The van der Waals surface area contributed by atoms with E-state index < -0.39 is 0 Å². The summed E-state index contributed by atoms with van der Waals surface area (Å²) in [5.41, 5.74) is 11.9. The fourth-order valence-electron chi connectivity index (χ4n) is 3.00. The molecule has 1 saturated heterocycles. The first-order valence-electron chi connectivity index (χ1n) is 7.02. The second-order valence-corrected chi connectivity index (χ2v) is 6.04. The monoisotopic (exact) mass is 246 g/mol. The molecule has 2 rings (SSSR count). The van der Waals surface area contributed by atoms with Crippen molar-refractivity contribution in [1.29, 1.82) is 0 Å². The second-order valence-electron chi connectivity index (χ2n) is 6.04. The SMILES string of the molecule is Cc1cc(C)c(CN2CCC(C)C(N)C2)c(C)c1. The predicted molar refractivity (Wildman–Crippen MR) is 77.7 cm³/mol. The number of rotatable bonds is 2. The Balaban J connectivity index is 2.10. The van der Waals surface area contributed by atoms with Crippen molar-refractivity contribution in [2.45, 2.75) is 46.7 Å². The van der Waals surface area contributed by atoms with Crippen LogP contribution in [0.5, 0.6) is 0 Å². The quantitative estimate of drug-likeness (QED) is 0.869. The highest BCUT2D eigenvalue weighted by Crippen LogP contribution is 2.22. The topological polar surface area (TPSA) is 29.3 Å². The Labute approximate surface area is 111 Å². The molecule has 1 aromatic carbocycles. The molecule has 0 spiro atoms. The normalized spacial score (nSPS) is 25.4. The molecule has 0 bridgehead atoms. The van der Waals surface area contributed by atoms with Gasteiger partial charge in [-0.15, -0.1) is 0 Å². The summed E-state index contributed by atoms with van der Waals surface area (Å²) in [6, 6.07) is 4.91. The second kappa shape index (κ2) is 5.41. The van der Waals surface area contributed by atoms with Crippen molar-refractivity contribution in [1.82, 2.24) is 4.90 Å². The van der Waals surface area contributed by atoms with Crippen LogP contribution in [0.15, 0.2) is 12.1 Å². The van der Waals surface area contributed by atoms with Gasteiger partial charge >= 0.3 is 0 Å². The van der Waals surface area contributed by atoms with E-state index in [4.69, 9.17) is 5.73 Å². The maximum Gasteiger partial charge on any atom is 0.0239 e. The molecular weight excluding hydrogens is 220 g/mol. The first kappa shape index (κ1) is 13.6. The van der Waals surface area contributed by atoms with E-state index in [1.165, 1.54) is 35.2 Å². The molecule has 2 N–H and O–H groups in total. The molecular formula is C16H26N2. The summed E-state index contributed by atoms with van der Waals surface area (Å²) in [5, 5.41) is 0. The van der Waals surface area contributed by atoms with E-state index in [9.17, 15) is 0 Å². The maximum atomic E-state index is 6.18. The molecule has 1 fully saturated rings. The molecule has 0 aliphatic carbocycles. The maximum absolute atomic E-state index is 6.18. The zero-order valence-electron chi connectivity index (χ0n) is 12.2. The van der Waals surface area contributed by atoms with Crippen LogP contribution < -0.4 is 5.73 Å². The lowest BCUT2D eigenvalue weighted by molar-refractivity contribution is 0.162. The van der Waals surface area contributed by atoms with Gasteiger partial charge in [-0.25, -0.2) is 0 Å². The van der Waals surface area contributed by atoms with Gasteiger partial charge in [0.15, 0.2) is 0 Å². The van der Waals surface area contributed by atoms with Crippen LogP contribution in [0, 0.1) is 26.7 Å². The van der Waals surface area contributed by atoms with Gasteiger partial charge in [0, 0.05) is 19.1 Å². The first-order chi connectivity index (χ1) is 8.47. The van der Waals surface area contributed by atoms with Gasteiger partial charge in [0.25, 0.3) is 0 Å². The molecule has 1 aromatic rings. The highest BCUT2D eigenvalue weighted by atomic mass is 15.1. The average molecular weight is 246 g/mol. The average Bonchev–Trinajstić information content (AvgIpc) is 2.28. The number of nitrogens with two attached hydrogens (primary N) is 1. The van der Waals surface area contributed by atoms with Crippen molar-refractivity contribution in [3.63, 3.8) is 0 Å². The van der Waals surface area contributed by atoms with Gasteiger partial charge in [-0.3, -0.25) is 4.90 Å². The minimum absolute atomic E-state index is 0.338. The Hall–Kier alpha value is -0.860. The van der Waals surface area contributed by atoms with Crippen molar-refractivity contribution >= 4 is 0 Å². The lowest BCUT2D eigenvalue weighted by Crippen LogP contribution is -2.47. The van der Waals surface area contributed by atoms with E-state index in [1.807, 2.05) is 0 Å². The van der Waals surface area contributed by atoms with Crippen LogP contribution in [0.25, 0.3) is 0 Å². The van der Waals surface area contributed by atoms with Gasteiger partial charge in [0.2, 0.25) is 0 Å². The summed E-state index contributed by atoms with van der Waals surface area (Å²) in [7, 11) is 0. The standard InChI is InChI=1S/C16H26N2/c1-11-7-13(3)15(14(4)8-11)9-18-6-5-12(2)16(17)10-18/h7-8,12,16H,5-6,9-10,17H2,1-4H3. The highest BCUT2D eigenvalue weighted by molar-refractivity contribution is 5.37. The van der Waals surface area contributed by atoms with Crippen LogP contribution in [0.1, 0.15) is 35.6 Å². The van der Waals surface area contributed by atoms with Crippen LogP contribution in [0.3, 0.4) is 0 Å². The van der Waals surface area contributed by atoms with Crippen LogP contribution >= 0.6 is 0 Å². The molecule has 2 heteroatoms. The Kier molecular flexibility index (Phi) is 4.08. The summed E-state index contributed by atoms with van der Waals surface area (Å²) in [6.07, 6.45) is 1.23. The molecule has 0 amide bonds. The van der Waals surface area contributed by atoms with E-state index in [1.54, 1.807) is 0 Å². The van der Waals surface area contributed by atoms with Gasteiger partial charge in [-0.1, -0.05) is 24.6 Å². The number of aryl methyl sites for hydroxylation is 3. The zero-order chi connectivity index (χ0) is 13.3. The number of nitrogens with zero attached hydrogens (tertiary/aromatic N) is 1. The summed E-state index contributed by atoms with van der Waals surface area (Å²) >= 11 is 0. The van der Waals surface area contributed by atoms with Gasteiger partial charge in [-0.05, 0) is 56.3 Å². The Morgan fingerprint density at radius 2 is 1.83 bits per heavy atom. The van der Waals surface area contributed by atoms with E-state index in [0.717, 1.165) is 13.1 Å². The molecule has 100 valence electrons. The molecule has 18 heavy (non-hydrogen) atoms. The number of piperidine rings is 1. The highest BCUT2D eigenvalue weighted by Gasteiger charge is 2.23. The van der Waals surface area contributed by atoms with E-state index in [-0.39, 0.29) is 0 Å². The summed E-state index contributed by atoms with van der Waals surface area (Å²) in [4.78, 5) is 2.51. The van der Waals surface area contributed by atoms with Gasteiger partial charge < -0.3 is 5.73 Å². The third-order valence-corrected chi connectivity index (χ3v) is 4.32. The number of benzene rings is 1. The van der Waals surface area contributed by atoms with E-state index in [0.29, 0.717) is 12.0 Å². The van der Waals surface area contributed by atoms with Crippen molar-refractivity contribution in [2.24, 2.45) is 11.7 Å². The number of likely N-dealkylation sites (tertiary alicyclic amines) is 1. The largest absolute Gasteiger partial charge is 0.326 e.